The highest BCUT2D eigenvalue weighted by molar-refractivity contribution is 5.98. The fourth-order valence-corrected chi connectivity index (χ4v) is 2.68. The highest BCUT2D eigenvalue weighted by atomic mass is 16.5. The van der Waals surface area contributed by atoms with Gasteiger partial charge in [0.1, 0.15) is 11.9 Å². The van der Waals surface area contributed by atoms with Crippen molar-refractivity contribution in [3.63, 3.8) is 0 Å². The van der Waals surface area contributed by atoms with E-state index >= 15 is 0 Å². The molecule has 1 aliphatic rings. The van der Waals surface area contributed by atoms with Crippen LogP contribution in [0.15, 0.2) is 23.4 Å². The van der Waals surface area contributed by atoms with Gasteiger partial charge in [-0.25, -0.2) is 0 Å². The van der Waals surface area contributed by atoms with Crippen molar-refractivity contribution in [2.45, 2.75) is 45.6 Å². The fraction of sp³-hybridized carbons (Fsp3) is 0.533. The molecule has 4 heteroatoms. The summed E-state index contributed by atoms with van der Waals surface area (Å²) >= 11 is 0. The highest BCUT2D eigenvalue weighted by Gasteiger charge is 2.22. The number of benzene rings is 1. The van der Waals surface area contributed by atoms with Crippen molar-refractivity contribution in [1.29, 1.82) is 0 Å². The minimum atomic E-state index is 0.134. The summed E-state index contributed by atoms with van der Waals surface area (Å²) in [6.07, 6.45) is 5.23. The molecular weight excluding hydrogens is 240 g/mol. The largest absolute Gasteiger partial charge is 0.490 e. The van der Waals surface area contributed by atoms with Gasteiger partial charge in [0.25, 0.3) is 0 Å². The van der Waals surface area contributed by atoms with Gasteiger partial charge in [0, 0.05) is 5.56 Å². The van der Waals surface area contributed by atoms with Crippen molar-refractivity contribution >= 4 is 5.84 Å². The minimum Gasteiger partial charge on any atom is -0.490 e. The van der Waals surface area contributed by atoms with Crippen molar-refractivity contribution in [2.75, 3.05) is 0 Å². The van der Waals surface area contributed by atoms with E-state index in [1.165, 1.54) is 19.3 Å². The molecule has 19 heavy (non-hydrogen) atoms. The first-order valence-corrected chi connectivity index (χ1v) is 6.87. The van der Waals surface area contributed by atoms with Gasteiger partial charge >= 0.3 is 0 Å². The summed E-state index contributed by atoms with van der Waals surface area (Å²) in [5.74, 6) is 1.61. The minimum absolute atomic E-state index is 0.134. The van der Waals surface area contributed by atoms with E-state index in [4.69, 9.17) is 15.7 Å². The number of hydrogen-bond acceptors (Lipinski definition) is 3. The van der Waals surface area contributed by atoms with Gasteiger partial charge < -0.3 is 15.7 Å². The zero-order valence-corrected chi connectivity index (χ0v) is 11.6. The molecule has 1 saturated carbocycles. The van der Waals surface area contributed by atoms with Gasteiger partial charge in [0.2, 0.25) is 0 Å². The molecule has 0 heterocycles. The molecule has 1 aliphatic carbocycles. The molecule has 0 radical (unpaired) electrons. The van der Waals surface area contributed by atoms with E-state index in [0.29, 0.717) is 12.0 Å². The van der Waals surface area contributed by atoms with Crippen LogP contribution in [0.4, 0.5) is 0 Å². The molecule has 4 nitrogen and oxygen atoms in total. The second-order valence-electron chi connectivity index (χ2n) is 5.38. The molecule has 2 rings (SSSR count). The normalized spacial score (nSPS) is 24.2. The molecule has 0 amide bonds. The van der Waals surface area contributed by atoms with Crippen LogP contribution in [-0.2, 0) is 0 Å². The van der Waals surface area contributed by atoms with Crippen LogP contribution >= 0.6 is 0 Å². The monoisotopic (exact) mass is 262 g/mol. The maximum atomic E-state index is 8.71. The smallest absolute Gasteiger partial charge is 0.170 e. The predicted molar refractivity (Wildman–Crippen MR) is 75.7 cm³/mol. The highest BCUT2D eigenvalue weighted by Crippen LogP contribution is 2.28. The summed E-state index contributed by atoms with van der Waals surface area (Å²) in [6, 6.07) is 5.68. The van der Waals surface area contributed by atoms with E-state index in [0.717, 1.165) is 23.3 Å². The van der Waals surface area contributed by atoms with Gasteiger partial charge in [-0.3, -0.25) is 0 Å². The second kappa shape index (κ2) is 5.95. The van der Waals surface area contributed by atoms with Crippen LogP contribution in [0.5, 0.6) is 5.75 Å². The number of nitrogens with two attached hydrogens (primary N) is 1. The Kier molecular flexibility index (Phi) is 4.30. The van der Waals surface area contributed by atoms with Gasteiger partial charge in [-0.2, -0.15) is 0 Å². The lowest BCUT2D eigenvalue weighted by atomic mass is 9.88. The van der Waals surface area contributed by atoms with Crippen LogP contribution in [-0.4, -0.2) is 17.1 Å². The van der Waals surface area contributed by atoms with Crippen LogP contribution in [0.25, 0.3) is 0 Å². The van der Waals surface area contributed by atoms with Crippen LogP contribution in [0, 0.1) is 12.8 Å². The molecule has 2 unspecified atom stereocenters. The summed E-state index contributed by atoms with van der Waals surface area (Å²) in [4.78, 5) is 0. The molecule has 1 aromatic carbocycles. The average Bonchev–Trinajstić information content (AvgIpc) is 2.41. The molecule has 0 spiro atoms. The summed E-state index contributed by atoms with van der Waals surface area (Å²) in [7, 11) is 0. The number of hydrogen-bond donors (Lipinski definition) is 2. The number of ether oxygens (including phenoxy) is 1. The van der Waals surface area contributed by atoms with Gasteiger partial charge in [-0.1, -0.05) is 18.5 Å². The topological polar surface area (TPSA) is 67.8 Å². The van der Waals surface area contributed by atoms with E-state index in [1.54, 1.807) is 0 Å². The Bertz CT molecular complexity index is 471. The van der Waals surface area contributed by atoms with Crippen molar-refractivity contribution in [1.82, 2.24) is 0 Å². The zero-order valence-electron chi connectivity index (χ0n) is 11.6. The molecule has 0 bridgehead atoms. The Labute approximate surface area is 114 Å². The quantitative estimate of drug-likeness (QED) is 0.381. The van der Waals surface area contributed by atoms with Gasteiger partial charge in [0.05, 0.1) is 0 Å². The molecule has 2 atom stereocenters. The Balaban J connectivity index is 2.11. The third kappa shape index (κ3) is 3.19. The Morgan fingerprint density at radius 3 is 2.74 bits per heavy atom. The van der Waals surface area contributed by atoms with Crippen LogP contribution in [0.2, 0.25) is 0 Å². The van der Waals surface area contributed by atoms with Crippen molar-refractivity contribution in [3.8, 4) is 5.75 Å². The Hall–Kier alpha value is -1.71. The number of oxime groups is 1. The predicted octanol–water partition coefficient (Wildman–Crippen LogP) is 3.05. The first-order valence-electron chi connectivity index (χ1n) is 6.87. The third-order valence-electron chi connectivity index (χ3n) is 3.90. The van der Waals surface area contributed by atoms with E-state index in [2.05, 4.69) is 12.1 Å². The van der Waals surface area contributed by atoms with Crippen molar-refractivity contribution < 1.29 is 9.94 Å². The maximum Gasteiger partial charge on any atom is 0.170 e. The molecule has 1 fully saturated rings. The van der Waals surface area contributed by atoms with Crippen LogP contribution < -0.4 is 10.5 Å². The SMILES string of the molecule is Cc1cc(OC2CCCCC2C)ccc1/C(N)=N/O. The lowest BCUT2D eigenvalue weighted by Crippen LogP contribution is -2.28. The first kappa shape index (κ1) is 13.7. The summed E-state index contributed by atoms with van der Waals surface area (Å²) in [5, 5.41) is 11.7. The second-order valence-corrected chi connectivity index (χ2v) is 5.38. The van der Waals surface area contributed by atoms with Crippen LogP contribution in [0.3, 0.4) is 0 Å². The summed E-state index contributed by atoms with van der Waals surface area (Å²) in [6.45, 7) is 4.19. The number of rotatable bonds is 3. The molecular formula is C15H22N2O2. The zero-order chi connectivity index (χ0) is 13.8. The molecule has 104 valence electrons. The summed E-state index contributed by atoms with van der Waals surface area (Å²) < 4.78 is 6.07. The molecule has 0 aliphatic heterocycles. The molecule has 1 aromatic rings. The van der Waals surface area contributed by atoms with Gasteiger partial charge in [0.15, 0.2) is 5.84 Å². The van der Waals surface area contributed by atoms with Crippen molar-refractivity contribution in [2.24, 2.45) is 16.8 Å². The van der Waals surface area contributed by atoms with E-state index in [9.17, 15) is 0 Å². The van der Waals surface area contributed by atoms with E-state index < -0.39 is 0 Å². The fourth-order valence-electron chi connectivity index (χ4n) is 2.68. The number of amidine groups is 1. The lowest BCUT2D eigenvalue weighted by Gasteiger charge is -2.29. The van der Waals surface area contributed by atoms with E-state index in [1.807, 2.05) is 25.1 Å². The first-order chi connectivity index (χ1) is 9.11. The lowest BCUT2D eigenvalue weighted by molar-refractivity contribution is 0.102. The van der Waals surface area contributed by atoms with Crippen LogP contribution in [0.1, 0.15) is 43.7 Å². The average molecular weight is 262 g/mol. The van der Waals surface area contributed by atoms with E-state index in [-0.39, 0.29) is 5.84 Å². The van der Waals surface area contributed by atoms with Gasteiger partial charge in [-0.05, 0) is 55.9 Å². The number of nitrogens with zero attached hydrogens (tertiary/aromatic N) is 1. The molecule has 0 aromatic heterocycles. The number of aryl methyl sites for hydroxylation is 1. The molecule has 3 N–H and O–H groups in total. The Morgan fingerprint density at radius 2 is 2.11 bits per heavy atom. The van der Waals surface area contributed by atoms with Crippen molar-refractivity contribution in [3.05, 3.63) is 29.3 Å². The summed E-state index contributed by atoms with van der Waals surface area (Å²) in [5.41, 5.74) is 7.31. The van der Waals surface area contributed by atoms with Gasteiger partial charge in [-0.15, -0.1) is 0 Å². The molecule has 0 saturated heterocycles. The maximum absolute atomic E-state index is 8.71. The third-order valence-corrected chi connectivity index (χ3v) is 3.90. The Morgan fingerprint density at radius 1 is 1.37 bits per heavy atom. The standard InChI is InChI=1S/C15H22N2O2/c1-10-5-3-4-6-14(10)19-12-7-8-13(11(2)9-12)15(16)17-18/h7-10,14,18H,3-6H2,1-2H3,(H2,16,17).